The molecule has 1 fully saturated rings. The molecule has 0 atom stereocenters. The molecular formula is C18H24F3N3O3. The number of rotatable bonds is 5. The quantitative estimate of drug-likeness (QED) is 0.838. The Morgan fingerprint density at radius 2 is 1.85 bits per heavy atom. The van der Waals surface area contributed by atoms with Crippen LogP contribution >= 0.6 is 0 Å². The molecule has 1 aromatic rings. The number of carbonyl (C=O) groups is 2. The fourth-order valence-corrected chi connectivity index (χ4v) is 3.04. The average molecular weight is 387 g/mol. The second kappa shape index (κ2) is 8.96. The largest absolute Gasteiger partial charge is 0.573 e. The number of nitrogens with zero attached hydrogens (tertiary/aromatic N) is 2. The van der Waals surface area contributed by atoms with Crippen molar-refractivity contribution < 1.29 is 27.5 Å². The summed E-state index contributed by atoms with van der Waals surface area (Å²) in [5.41, 5.74) is 0.239. The molecule has 1 aromatic carbocycles. The number of likely N-dealkylation sites (tertiary alicyclic amines) is 1. The maximum absolute atomic E-state index is 12.4. The Bertz CT molecular complexity index is 655. The zero-order valence-electron chi connectivity index (χ0n) is 15.4. The fourth-order valence-electron chi connectivity index (χ4n) is 3.04. The monoisotopic (exact) mass is 387 g/mol. The molecular weight excluding hydrogens is 363 g/mol. The van der Waals surface area contributed by atoms with E-state index in [1.807, 2.05) is 13.8 Å². The molecule has 0 aromatic heterocycles. The molecule has 27 heavy (non-hydrogen) atoms. The van der Waals surface area contributed by atoms with E-state index in [0.717, 1.165) is 6.07 Å². The SMILES string of the molecule is CCN(CC)C(=O)N1CCC(C(=O)Nc2cccc(OC(F)(F)F)c2)CC1. The Hall–Kier alpha value is -2.45. The normalized spacial score (nSPS) is 15.4. The standard InChI is InChI=1S/C18H24F3N3O3/c1-3-23(4-2)17(26)24-10-8-13(9-11-24)16(25)22-14-6-5-7-15(12-14)27-18(19,20)21/h5-7,12-13H,3-4,8-11H2,1-2H3,(H,22,25). The third-order valence-corrected chi connectivity index (χ3v) is 4.51. The van der Waals surface area contributed by atoms with Crippen molar-refractivity contribution in [2.75, 3.05) is 31.5 Å². The second-order valence-electron chi connectivity index (χ2n) is 6.28. The summed E-state index contributed by atoms with van der Waals surface area (Å²) in [5.74, 6) is -0.952. The topological polar surface area (TPSA) is 61.9 Å². The van der Waals surface area contributed by atoms with Gasteiger partial charge in [-0.2, -0.15) is 0 Å². The van der Waals surface area contributed by atoms with Gasteiger partial charge in [-0.3, -0.25) is 4.79 Å². The third-order valence-electron chi connectivity index (χ3n) is 4.51. The van der Waals surface area contributed by atoms with E-state index >= 15 is 0 Å². The van der Waals surface area contributed by atoms with Crippen LogP contribution in [-0.4, -0.2) is 54.3 Å². The first kappa shape index (κ1) is 20.9. The summed E-state index contributed by atoms with van der Waals surface area (Å²) in [6.45, 7) is 6.05. The summed E-state index contributed by atoms with van der Waals surface area (Å²) >= 11 is 0. The molecule has 0 aliphatic carbocycles. The van der Waals surface area contributed by atoms with Crippen molar-refractivity contribution in [3.8, 4) is 5.75 Å². The Morgan fingerprint density at radius 1 is 1.22 bits per heavy atom. The number of anilines is 1. The highest BCUT2D eigenvalue weighted by molar-refractivity contribution is 5.93. The minimum absolute atomic E-state index is 0.0316. The Labute approximate surface area is 156 Å². The highest BCUT2D eigenvalue weighted by Gasteiger charge is 2.31. The molecule has 2 rings (SSSR count). The minimum Gasteiger partial charge on any atom is -0.406 e. The van der Waals surface area contributed by atoms with Crippen LogP contribution in [0, 0.1) is 5.92 Å². The van der Waals surface area contributed by atoms with Crippen molar-refractivity contribution in [2.45, 2.75) is 33.1 Å². The predicted octanol–water partition coefficient (Wildman–Crippen LogP) is 3.70. The van der Waals surface area contributed by atoms with Crippen LogP contribution in [-0.2, 0) is 4.79 Å². The number of alkyl halides is 3. The van der Waals surface area contributed by atoms with Crippen molar-refractivity contribution in [3.63, 3.8) is 0 Å². The number of urea groups is 1. The van der Waals surface area contributed by atoms with E-state index in [2.05, 4.69) is 10.1 Å². The van der Waals surface area contributed by atoms with Crippen LogP contribution in [0.15, 0.2) is 24.3 Å². The number of carbonyl (C=O) groups excluding carboxylic acids is 2. The van der Waals surface area contributed by atoms with Gasteiger partial charge in [-0.1, -0.05) is 6.07 Å². The van der Waals surface area contributed by atoms with Crippen LogP contribution in [0.5, 0.6) is 5.75 Å². The van der Waals surface area contributed by atoms with Crippen LogP contribution in [0.4, 0.5) is 23.7 Å². The van der Waals surface area contributed by atoms with Gasteiger partial charge in [0.25, 0.3) is 0 Å². The maximum Gasteiger partial charge on any atom is 0.573 e. The Morgan fingerprint density at radius 3 is 2.41 bits per heavy atom. The Balaban J connectivity index is 1.89. The molecule has 0 bridgehead atoms. The van der Waals surface area contributed by atoms with Crippen molar-refractivity contribution in [1.82, 2.24) is 9.80 Å². The van der Waals surface area contributed by atoms with Gasteiger partial charge in [-0.05, 0) is 38.8 Å². The molecule has 1 heterocycles. The molecule has 0 spiro atoms. The lowest BCUT2D eigenvalue weighted by molar-refractivity contribution is -0.274. The molecule has 1 aliphatic heterocycles. The lowest BCUT2D eigenvalue weighted by atomic mass is 9.96. The van der Waals surface area contributed by atoms with Gasteiger partial charge in [0.2, 0.25) is 5.91 Å². The summed E-state index contributed by atoms with van der Waals surface area (Å²) in [5, 5.41) is 2.63. The number of ether oxygens (including phenoxy) is 1. The zero-order valence-corrected chi connectivity index (χ0v) is 15.4. The number of hydrogen-bond donors (Lipinski definition) is 1. The van der Waals surface area contributed by atoms with Gasteiger partial charge in [0.05, 0.1) is 0 Å². The highest BCUT2D eigenvalue weighted by atomic mass is 19.4. The van der Waals surface area contributed by atoms with Crippen LogP contribution in [0.1, 0.15) is 26.7 Å². The van der Waals surface area contributed by atoms with E-state index < -0.39 is 6.36 Å². The molecule has 3 amide bonds. The Kier molecular flexibility index (Phi) is 6.92. The molecule has 0 saturated carbocycles. The van der Waals surface area contributed by atoms with E-state index in [1.165, 1.54) is 18.2 Å². The van der Waals surface area contributed by atoms with E-state index in [0.29, 0.717) is 39.0 Å². The second-order valence-corrected chi connectivity index (χ2v) is 6.28. The molecule has 0 unspecified atom stereocenters. The van der Waals surface area contributed by atoms with Crippen LogP contribution in [0.25, 0.3) is 0 Å². The van der Waals surface area contributed by atoms with Gasteiger partial charge in [-0.15, -0.1) is 13.2 Å². The first-order chi connectivity index (χ1) is 12.7. The van der Waals surface area contributed by atoms with Crippen molar-refractivity contribution in [3.05, 3.63) is 24.3 Å². The van der Waals surface area contributed by atoms with E-state index in [-0.39, 0.29) is 29.3 Å². The number of amides is 3. The first-order valence-corrected chi connectivity index (χ1v) is 8.94. The summed E-state index contributed by atoms with van der Waals surface area (Å²) in [6, 6.07) is 5.14. The third kappa shape index (κ3) is 6.04. The van der Waals surface area contributed by atoms with E-state index in [1.54, 1.807) is 9.80 Å². The van der Waals surface area contributed by atoms with Gasteiger partial charge in [-0.25, -0.2) is 4.79 Å². The number of piperidine rings is 1. The van der Waals surface area contributed by atoms with Crippen molar-refractivity contribution in [2.24, 2.45) is 5.92 Å². The highest BCUT2D eigenvalue weighted by Crippen LogP contribution is 2.26. The number of benzene rings is 1. The van der Waals surface area contributed by atoms with Gasteiger partial charge in [0.1, 0.15) is 5.75 Å². The zero-order chi connectivity index (χ0) is 20.0. The van der Waals surface area contributed by atoms with E-state index in [9.17, 15) is 22.8 Å². The molecule has 1 aliphatic rings. The molecule has 0 radical (unpaired) electrons. The minimum atomic E-state index is -4.78. The number of halogens is 3. The number of hydrogen-bond acceptors (Lipinski definition) is 3. The fraction of sp³-hybridized carbons (Fsp3) is 0.556. The lowest BCUT2D eigenvalue weighted by Crippen LogP contribution is -2.47. The maximum atomic E-state index is 12.4. The molecule has 1 N–H and O–H groups in total. The number of nitrogens with one attached hydrogen (secondary N) is 1. The molecule has 150 valence electrons. The summed E-state index contributed by atoms with van der Waals surface area (Å²) < 4.78 is 40.7. The lowest BCUT2D eigenvalue weighted by Gasteiger charge is -2.34. The van der Waals surface area contributed by atoms with Gasteiger partial charge in [0.15, 0.2) is 0 Å². The van der Waals surface area contributed by atoms with Gasteiger partial charge in [0, 0.05) is 43.9 Å². The summed E-state index contributed by atoms with van der Waals surface area (Å²) in [4.78, 5) is 28.2. The van der Waals surface area contributed by atoms with E-state index in [4.69, 9.17) is 0 Å². The molecule has 9 heteroatoms. The summed E-state index contributed by atoms with van der Waals surface area (Å²) in [7, 11) is 0. The van der Waals surface area contributed by atoms with Crippen LogP contribution in [0.3, 0.4) is 0 Å². The average Bonchev–Trinajstić information content (AvgIpc) is 2.61. The van der Waals surface area contributed by atoms with Crippen LogP contribution in [0.2, 0.25) is 0 Å². The first-order valence-electron chi connectivity index (χ1n) is 8.94. The summed E-state index contributed by atoms with van der Waals surface area (Å²) in [6.07, 6.45) is -3.76. The molecule has 6 nitrogen and oxygen atoms in total. The van der Waals surface area contributed by atoms with Crippen LogP contribution < -0.4 is 10.1 Å². The predicted molar refractivity (Wildman–Crippen MR) is 94.4 cm³/mol. The molecule has 1 saturated heterocycles. The smallest absolute Gasteiger partial charge is 0.406 e. The van der Waals surface area contributed by atoms with Crippen molar-refractivity contribution >= 4 is 17.6 Å². The van der Waals surface area contributed by atoms with Gasteiger partial charge >= 0.3 is 12.4 Å². The van der Waals surface area contributed by atoms with Crippen molar-refractivity contribution in [1.29, 1.82) is 0 Å². The van der Waals surface area contributed by atoms with Gasteiger partial charge < -0.3 is 19.9 Å².